The highest BCUT2D eigenvalue weighted by atomic mass is 16.2. The fourth-order valence-electron chi connectivity index (χ4n) is 2.05. The van der Waals surface area contributed by atoms with Gasteiger partial charge in [-0.3, -0.25) is 4.79 Å². The Balaban J connectivity index is 2.06. The molecule has 0 saturated heterocycles. The molecule has 1 amide bonds. The number of nitrogens with one attached hydrogen (secondary N) is 2. The average Bonchev–Trinajstić information content (AvgIpc) is 2.72. The Bertz CT molecular complexity index is 464. The Kier molecular flexibility index (Phi) is 3.29. The summed E-state index contributed by atoms with van der Waals surface area (Å²) in [6, 6.07) is 9.78. The molecule has 1 aliphatic rings. The van der Waals surface area contributed by atoms with Gasteiger partial charge in [0, 0.05) is 18.3 Å². The van der Waals surface area contributed by atoms with Gasteiger partial charge >= 0.3 is 0 Å². The van der Waals surface area contributed by atoms with Crippen LogP contribution in [-0.4, -0.2) is 18.5 Å². The number of hydrogen-bond donors (Lipinski definition) is 2. The summed E-state index contributed by atoms with van der Waals surface area (Å²) in [6.07, 6.45) is 0.341. The fourth-order valence-corrected chi connectivity index (χ4v) is 2.05. The minimum Gasteiger partial charge on any atom is -0.384 e. The monoisotopic (exact) mass is 229 g/mol. The number of rotatable bonds is 3. The molecule has 1 heterocycles. The third kappa shape index (κ3) is 2.39. The van der Waals surface area contributed by atoms with E-state index in [0.29, 0.717) is 13.0 Å². The molecule has 2 rings (SSSR count). The van der Waals surface area contributed by atoms with Gasteiger partial charge in [-0.05, 0) is 18.6 Å². The number of carbonyl (C=O) groups excluding carboxylic acids is 1. The van der Waals surface area contributed by atoms with E-state index >= 15 is 0 Å². The lowest BCUT2D eigenvalue weighted by atomic mass is 10.00. The van der Waals surface area contributed by atoms with Gasteiger partial charge < -0.3 is 10.6 Å². The second-order valence-corrected chi connectivity index (χ2v) is 4.29. The lowest BCUT2D eigenvalue weighted by Gasteiger charge is -2.14. The number of anilines is 1. The Morgan fingerprint density at radius 2 is 2.41 bits per heavy atom. The number of hydrogen-bond acceptors (Lipinski definition) is 3. The highest BCUT2D eigenvalue weighted by Crippen LogP contribution is 2.30. The highest BCUT2D eigenvalue weighted by Gasteiger charge is 2.28. The zero-order chi connectivity index (χ0) is 12.3. The average molecular weight is 229 g/mol. The first-order valence-corrected chi connectivity index (χ1v) is 5.72. The minimum absolute atomic E-state index is 0.00907. The van der Waals surface area contributed by atoms with E-state index in [1.807, 2.05) is 31.2 Å². The van der Waals surface area contributed by atoms with Gasteiger partial charge in [-0.15, -0.1) is 0 Å². The molecule has 4 nitrogen and oxygen atoms in total. The van der Waals surface area contributed by atoms with Crippen LogP contribution in [0, 0.1) is 11.3 Å². The minimum atomic E-state index is -0.146. The van der Waals surface area contributed by atoms with Gasteiger partial charge in [0.2, 0.25) is 5.91 Å². The van der Waals surface area contributed by atoms with Crippen molar-refractivity contribution in [2.75, 3.05) is 11.9 Å². The number of fused-ring (bicyclic) bond motifs is 1. The van der Waals surface area contributed by atoms with Crippen molar-refractivity contribution in [1.29, 1.82) is 5.26 Å². The van der Waals surface area contributed by atoms with E-state index in [4.69, 9.17) is 5.26 Å². The molecule has 4 heteroatoms. The van der Waals surface area contributed by atoms with Gasteiger partial charge in [0.25, 0.3) is 0 Å². The number of benzene rings is 1. The molecule has 17 heavy (non-hydrogen) atoms. The van der Waals surface area contributed by atoms with Gasteiger partial charge in [0.15, 0.2) is 0 Å². The van der Waals surface area contributed by atoms with E-state index in [1.165, 1.54) is 0 Å². The van der Waals surface area contributed by atoms with Crippen molar-refractivity contribution in [3.05, 3.63) is 29.8 Å². The van der Waals surface area contributed by atoms with E-state index in [0.717, 1.165) is 11.3 Å². The smallest absolute Gasteiger partial charge is 0.229 e. The zero-order valence-electron chi connectivity index (χ0n) is 9.73. The van der Waals surface area contributed by atoms with Gasteiger partial charge in [-0.25, -0.2) is 0 Å². The first-order chi connectivity index (χ1) is 8.22. The normalized spacial score (nSPS) is 18.7. The third-order valence-corrected chi connectivity index (χ3v) is 2.94. The predicted octanol–water partition coefficient (Wildman–Crippen LogP) is 1.61. The van der Waals surface area contributed by atoms with Crippen LogP contribution in [0.5, 0.6) is 0 Å². The molecule has 1 aromatic carbocycles. The van der Waals surface area contributed by atoms with E-state index in [1.54, 1.807) is 0 Å². The lowest BCUT2D eigenvalue weighted by Crippen LogP contribution is -2.36. The van der Waals surface area contributed by atoms with Crippen molar-refractivity contribution >= 4 is 11.6 Å². The molecule has 0 spiro atoms. The number of nitriles is 1. The summed E-state index contributed by atoms with van der Waals surface area (Å²) in [5.74, 6) is -0.155. The van der Waals surface area contributed by atoms with Crippen LogP contribution in [0.15, 0.2) is 24.3 Å². The van der Waals surface area contributed by atoms with Crippen LogP contribution >= 0.6 is 0 Å². The molecule has 0 aromatic heterocycles. The quantitative estimate of drug-likeness (QED) is 0.827. The van der Waals surface area contributed by atoms with Gasteiger partial charge in [-0.1, -0.05) is 18.2 Å². The molecule has 2 atom stereocenters. The molecule has 2 unspecified atom stereocenters. The number of nitrogens with zero attached hydrogens (tertiary/aromatic N) is 1. The van der Waals surface area contributed by atoms with Gasteiger partial charge in [-0.2, -0.15) is 5.26 Å². The van der Waals surface area contributed by atoms with Crippen molar-refractivity contribution in [2.45, 2.75) is 25.3 Å². The van der Waals surface area contributed by atoms with E-state index in [9.17, 15) is 4.79 Å². The van der Waals surface area contributed by atoms with Crippen LogP contribution in [0.25, 0.3) is 0 Å². The summed E-state index contributed by atoms with van der Waals surface area (Å²) < 4.78 is 0. The molecule has 0 radical (unpaired) electrons. The zero-order valence-corrected chi connectivity index (χ0v) is 9.73. The SMILES string of the molecule is CC(CC#N)NC(=O)C1CNc2ccccc21. The van der Waals surface area contributed by atoms with Crippen molar-refractivity contribution in [3.63, 3.8) is 0 Å². The van der Waals surface area contributed by atoms with Crippen molar-refractivity contribution in [2.24, 2.45) is 0 Å². The first-order valence-electron chi connectivity index (χ1n) is 5.72. The molecular formula is C13H15N3O. The predicted molar refractivity (Wildman–Crippen MR) is 65.5 cm³/mol. The Morgan fingerprint density at radius 3 is 3.18 bits per heavy atom. The van der Waals surface area contributed by atoms with Gasteiger partial charge in [0.05, 0.1) is 18.4 Å². The molecule has 1 aromatic rings. The first kappa shape index (κ1) is 11.5. The molecule has 0 aliphatic carbocycles. The van der Waals surface area contributed by atoms with Crippen LogP contribution in [0.2, 0.25) is 0 Å². The fraction of sp³-hybridized carbons (Fsp3) is 0.385. The van der Waals surface area contributed by atoms with Crippen LogP contribution in [0.1, 0.15) is 24.8 Å². The summed E-state index contributed by atoms with van der Waals surface area (Å²) in [4.78, 5) is 12.0. The van der Waals surface area contributed by atoms with E-state index in [2.05, 4.69) is 16.7 Å². The second kappa shape index (κ2) is 4.88. The van der Waals surface area contributed by atoms with E-state index in [-0.39, 0.29) is 17.9 Å². The topological polar surface area (TPSA) is 64.9 Å². The van der Waals surface area contributed by atoms with Crippen molar-refractivity contribution < 1.29 is 4.79 Å². The van der Waals surface area contributed by atoms with Crippen LogP contribution in [0.4, 0.5) is 5.69 Å². The Hall–Kier alpha value is -2.02. The summed E-state index contributed by atoms with van der Waals surface area (Å²) in [5.41, 5.74) is 2.06. The molecule has 2 N–H and O–H groups in total. The van der Waals surface area contributed by atoms with Crippen LogP contribution in [0.3, 0.4) is 0 Å². The van der Waals surface area contributed by atoms with Crippen molar-refractivity contribution in [1.82, 2.24) is 5.32 Å². The maximum atomic E-state index is 12.0. The highest BCUT2D eigenvalue weighted by molar-refractivity contribution is 5.88. The Morgan fingerprint density at radius 1 is 1.65 bits per heavy atom. The van der Waals surface area contributed by atoms with Crippen molar-refractivity contribution in [3.8, 4) is 6.07 Å². The maximum absolute atomic E-state index is 12.0. The van der Waals surface area contributed by atoms with E-state index < -0.39 is 0 Å². The van der Waals surface area contributed by atoms with Gasteiger partial charge in [0.1, 0.15) is 0 Å². The molecule has 88 valence electrons. The molecular weight excluding hydrogens is 214 g/mol. The standard InChI is InChI=1S/C13H15N3O/c1-9(6-7-14)16-13(17)11-8-15-12-5-3-2-4-10(11)12/h2-5,9,11,15H,6,8H2,1H3,(H,16,17). The van der Waals surface area contributed by atoms with Crippen LogP contribution in [-0.2, 0) is 4.79 Å². The summed E-state index contributed by atoms with van der Waals surface area (Å²) in [5, 5.41) is 14.6. The molecule has 0 fully saturated rings. The second-order valence-electron chi connectivity index (χ2n) is 4.29. The number of amides is 1. The van der Waals surface area contributed by atoms with Crippen LogP contribution < -0.4 is 10.6 Å². The lowest BCUT2D eigenvalue weighted by molar-refractivity contribution is -0.122. The number of para-hydroxylation sites is 1. The molecule has 0 bridgehead atoms. The number of carbonyl (C=O) groups is 1. The summed E-state index contributed by atoms with van der Waals surface area (Å²) >= 11 is 0. The largest absolute Gasteiger partial charge is 0.384 e. The third-order valence-electron chi connectivity index (χ3n) is 2.94. The summed E-state index contributed by atoms with van der Waals surface area (Å²) in [7, 11) is 0. The summed E-state index contributed by atoms with van der Waals surface area (Å²) in [6.45, 7) is 2.47. The Labute approximate surface area is 101 Å². The molecule has 0 saturated carbocycles. The molecule has 1 aliphatic heterocycles. The maximum Gasteiger partial charge on any atom is 0.229 e.